The van der Waals surface area contributed by atoms with Crippen molar-refractivity contribution in [3.8, 4) is 0 Å². The zero-order valence-corrected chi connectivity index (χ0v) is 13.4. The van der Waals surface area contributed by atoms with Gasteiger partial charge in [-0.3, -0.25) is 0 Å². The average molecular weight is 382 g/mol. The fourth-order valence-electron chi connectivity index (χ4n) is 1.43. The summed E-state index contributed by atoms with van der Waals surface area (Å²) in [4.78, 5) is 3.84. The highest BCUT2D eigenvalue weighted by Gasteiger charge is 2.21. The number of nitrogens with two attached hydrogens (primary N) is 1. The van der Waals surface area contributed by atoms with Gasteiger partial charge < -0.3 is 10.3 Å². The van der Waals surface area contributed by atoms with E-state index in [1.165, 1.54) is 12.1 Å². The Morgan fingerprint density at radius 1 is 1.50 bits per heavy atom. The van der Waals surface area contributed by atoms with Crippen molar-refractivity contribution in [2.45, 2.75) is 18.4 Å². The first-order valence-electron chi connectivity index (χ1n) is 5.33. The van der Waals surface area contributed by atoms with Crippen molar-refractivity contribution in [1.82, 2.24) is 14.9 Å². The van der Waals surface area contributed by atoms with Crippen LogP contribution < -0.4 is 10.5 Å². The maximum Gasteiger partial charge on any atom is 0.242 e. The molecule has 0 saturated heterocycles. The van der Waals surface area contributed by atoms with Crippen LogP contribution in [0.1, 0.15) is 11.7 Å². The van der Waals surface area contributed by atoms with Gasteiger partial charge >= 0.3 is 0 Å². The third kappa shape index (κ3) is 3.29. The van der Waals surface area contributed by atoms with E-state index in [0.29, 0.717) is 5.82 Å². The number of aryl methyl sites for hydroxylation is 1. The van der Waals surface area contributed by atoms with Crippen molar-refractivity contribution < 1.29 is 12.9 Å². The minimum atomic E-state index is -3.81. The van der Waals surface area contributed by atoms with Crippen molar-refractivity contribution >= 4 is 43.2 Å². The van der Waals surface area contributed by atoms with E-state index < -0.39 is 10.0 Å². The summed E-state index contributed by atoms with van der Waals surface area (Å²) in [6.07, 6.45) is 0. The molecule has 20 heavy (non-hydrogen) atoms. The third-order valence-corrected chi connectivity index (χ3v) is 5.10. The van der Waals surface area contributed by atoms with E-state index in [1.54, 1.807) is 6.92 Å². The Morgan fingerprint density at radius 2 is 2.20 bits per heavy atom. The van der Waals surface area contributed by atoms with E-state index in [9.17, 15) is 8.42 Å². The molecule has 1 aromatic heterocycles. The number of hydrogen-bond acceptors (Lipinski definition) is 6. The van der Waals surface area contributed by atoms with E-state index in [0.717, 1.165) is 0 Å². The first kappa shape index (κ1) is 15.2. The van der Waals surface area contributed by atoms with Crippen LogP contribution in [0.3, 0.4) is 0 Å². The highest BCUT2D eigenvalue weighted by Crippen LogP contribution is 2.31. The summed E-state index contributed by atoms with van der Waals surface area (Å²) < 4.78 is 31.8. The molecule has 1 aromatic carbocycles. The normalized spacial score (nSPS) is 11.8. The molecule has 3 N–H and O–H groups in total. The number of hydrogen-bond donors (Lipinski definition) is 2. The van der Waals surface area contributed by atoms with Crippen LogP contribution in [-0.4, -0.2) is 18.6 Å². The number of anilines is 1. The van der Waals surface area contributed by atoms with E-state index in [-0.39, 0.29) is 32.5 Å². The largest absolute Gasteiger partial charge is 0.398 e. The number of aromatic nitrogens is 2. The summed E-state index contributed by atoms with van der Waals surface area (Å²) in [5, 5.41) is 3.79. The molecule has 1 heterocycles. The first-order chi connectivity index (χ1) is 9.29. The van der Waals surface area contributed by atoms with Gasteiger partial charge in [-0.25, -0.2) is 13.1 Å². The summed E-state index contributed by atoms with van der Waals surface area (Å²) in [7, 11) is -3.81. The van der Waals surface area contributed by atoms with Gasteiger partial charge in [0.1, 0.15) is 0 Å². The molecule has 0 bridgehead atoms. The van der Waals surface area contributed by atoms with Crippen molar-refractivity contribution in [3.05, 3.63) is 33.3 Å². The summed E-state index contributed by atoms with van der Waals surface area (Å²) >= 11 is 8.94. The molecule has 2 rings (SSSR count). The van der Waals surface area contributed by atoms with Crippen molar-refractivity contribution in [2.75, 3.05) is 5.73 Å². The molecular weight excluding hydrogens is 372 g/mol. The Bertz CT molecular complexity index is 747. The lowest BCUT2D eigenvalue weighted by molar-refractivity contribution is 0.372. The predicted molar refractivity (Wildman–Crippen MR) is 76.6 cm³/mol. The van der Waals surface area contributed by atoms with Gasteiger partial charge in [0, 0.05) is 10.7 Å². The van der Waals surface area contributed by atoms with E-state index in [2.05, 4.69) is 30.8 Å². The monoisotopic (exact) mass is 380 g/mol. The van der Waals surface area contributed by atoms with Crippen LogP contribution in [0.15, 0.2) is 26.0 Å². The second-order valence-corrected chi connectivity index (χ2v) is 6.83. The number of benzene rings is 1. The molecule has 10 heteroatoms. The average Bonchev–Trinajstić information content (AvgIpc) is 2.77. The molecule has 0 spiro atoms. The van der Waals surface area contributed by atoms with Crippen LogP contribution in [0.2, 0.25) is 5.02 Å². The van der Waals surface area contributed by atoms with Crippen LogP contribution >= 0.6 is 27.5 Å². The zero-order valence-electron chi connectivity index (χ0n) is 10.2. The van der Waals surface area contributed by atoms with Crippen LogP contribution in [0.4, 0.5) is 5.69 Å². The molecule has 108 valence electrons. The topological polar surface area (TPSA) is 111 Å². The van der Waals surface area contributed by atoms with Crippen LogP contribution in [-0.2, 0) is 16.6 Å². The molecule has 0 aliphatic rings. The number of sulfonamides is 1. The lowest BCUT2D eigenvalue weighted by Crippen LogP contribution is -2.24. The zero-order chi connectivity index (χ0) is 14.9. The van der Waals surface area contributed by atoms with Crippen LogP contribution in [0.25, 0.3) is 0 Å². The molecule has 0 aliphatic carbocycles. The minimum Gasteiger partial charge on any atom is -0.398 e. The maximum absolute atomic E-state index is 12.2. The van der Waals surface area contributed by atoms with Gasteiger partial charge in [0.2, 0.25) is 15.9 Å². The summed E-state index contributed by atoms with van der Waals surface area (Å²) in [6.45, 7) is 1.51. The van der Waals surface area contributed by atoms with Gasteiger partial charge in [0.25, 0.3) is 0 Å². The molecule has 7 nitrogen and oxygen atoms in total. The molecule has 0 saturated carbocycles. The summed E-state index contributed by atoms with van der Waals surface area (Å²) in [5.41, 5.74) is 5.89. The highest BCUT2D eigenvalue weighted by atomic mass is 79.9. The lowest BCUT2D eigenvalue weighted by atomic mass is 10.3. The Hall–Kier alpha value is -1.16. The Morgan fingerprint density at radius 3 is 2.80 bits per heavy atom. The van der Waals surface area contributed by atoms with Gasteiger partial charge in [0.05, 0.1) is 15.9 Å². The molecule has 0 fully saturated rings. The Labute approximate surface area is 128 Å². The number of nitrogens with zero attached hydrogens (tertiary/aromatic N) is 2. The fourth-order valence-corrected chi connectivity index (χ4v) is 3.69. The number of nitrogens with one attached hydrogen (secondary N) is 1. The number of rotatable bonds is 4. The predicted octanol–water partition coefficient (Wildman–Crippen LogP) is 1.85. The molecule has 0 radical (unpaired) electrons. The molecule has 0 amide bonds. The van der Waals surface area contributed by atoms with Crippen LogP contribution in [0.5, 0.6) is 0 Å². The van der Waals surface area contributed by atoms with Crippen molar-refractivity contribution in [2.24, 2.45) is 0 Å². The van der Waals surface area contributed by atoms with Crippen molar-refractivity contribution in [1.29, 1.82) is 0 Å². The van der Waals surface area contributed by atoms with E-state index in [1.807, 2.05) is 0 Å². The van der Waals surface area contributed by atoms with Gasteiger partial charge in [-0.1, -0.05) is 16.8 Å². The van der Waals surface area contributed by atoms with Gasteiger partial charge in [-0.2, -0.15) is 4.98 Å². The Kier molecular flexibility index (Phi) is 4.33. The number of nitrogen functional groups attached to an aromatic ring is 1. The van der Waals surface area contributed by atoms with E-state index >= 15 is 0 Å². The fraction of sp³-hybridized carbons (Fsp3) is 0.200. The van der Waals surface area contributed by atoms with Gasteiger partial charge in [-0.15, -0.1) is 0 Å². The first-order valence-corrected chi connectivity index (χ1v) is 7.98. The SMILES string of the molecule is Cc1noc(CNS(=O)(=O)c2cc(Cl)cc(N)c2Br)n1. The lowest BCUT2D eigenvalue weighted by Gasteiger charge is -2.09. The molecule has 0 aliphatic heterocycles. The van der Waals surface area contributed by atoms with Gasteiger partial charge in [0.15, 0.2) is 5.82 Å². The summed E-state index contributed by atoms with van der Waals surface area (Å²) in [6, 6.07) is 2.75. The minimum absolute atomic E-state index is 0.0567. The third-order valence-electron chi connectivity index (χ3n) is 2.30. The smallest absolute Gasteiger partial charge is 0.242 e. The Balaban J connectivity index is 2.27. The standard InChI is InChI=1S/C10H10BrClN4O3S/c1-5-15-9(19-16-5)4-14-20(17,18)8-3-6(12)2-7(13)10(8)11/h2-3,14H,4,13H2,1H3. The number of halogens is 2. The van der Waals surface area contributed by atoms with Crippen molar-refractivity contribution in [3.63, 3.8) is 0 Å². The molecular formula is C10H10BrClN4O3S. The molecule has 0 atom stereocenters. The quantitative estimate of drug-likeness (QED) is 0.782. The summed E-state index contributed by atoms with van der Waals surface area (Å²) in [5.74, 6) is 0.588. The molecule has 2 aromatic rings. The highest BCUT2D eigenvalue weighted by molar-refractivity contribution is 9.10. The maximum atomic E-state index is 12.2. The van der Waals surface area contributed by atoms with E-state index in [4.69, 9.17) is 21.9 Å². The molecule has 0 unspecified atom stereocenters. The van der Waals surface area contributed by atoms with Crippen LogP contribution in [0, 0.1) is 6.92 Å². The second kappa shape index (κ2) is 5.68. The second-order valence-electron chi connectivity index (χ2n) is 3.87. The van der Waals surface area contributed by atoms with Gasteiger partial charge in [-0.05, 0) is 35.0 Å².